The third kappa shape index (κ3) is 5.52. The smallest absolute Gasteiger partial charge is 0.232 e. The summed E-state index contributed by atoms with van der Waals surface area (Å²) in [7, 11) is -1.95. The highest BCUT2D eigenvalue weighted by Crippen LogP contribution is 2.36. The molecule has 33 heavy (non-hydrogen) atoms. The SMILES string of the molecule is COc1ccc(-c2nnc(NC(=O)CCCN(c3ccc4c(c3)OCO4)S(C)(=O)=O)s2)cc1. The summed E-state index contributed by atoms with van der Waals surface area (Å²) in [6, 6.07) is 12.3. The molecule has 0 fully saturated rings. The van der Waals surface area contributed by atoms with E-state index in [9.17, 15) is 13.2 Å². The highest BCUT2D eigenvalue weighted by atomic mass is 32.2. The Morgan fingerprint density at radius 2 is 1.91 bits per heavy atom. The Hall–Kier alpha value is -3.38. The van der Waals surface area contributed by atoms with Crippen molar-refractivity contribution in [2.45, 2.75) is 12.8 Å². The monoisotopic (exact) mass is 490 g/mol. The number of fused-ring (bicyclic) bond motifs is 1. The van der Waals surface area contributed by atoms with Crippen LogP contribution in [0.3, 0.4) is 0 Å². The van der Waals surface area contributed by atoms with Crippen LogP contribution in [-0.4, -0.2) is 51.2 Å². The van der Waals surface area contributed by atoms with Gasteiger partial charge in [-0.25, -0.2) is 8.42 Å². The molecule has 1 aromatic heterocycles. The van der Waals surface area contributed by atoms with Crippen LogP contribution in [0.2, 0.25) is 0 Å². The largest absolute Gasteiger partial charge is 0.497 e. The molecule has 1 aliphatic rings. The normalized spacial score (nSPS) is 12.4. The van der Waals surface area contributed by atoms with E-state index in [1.54, 1.807) is 25.3 Å². The number of hydrogen-bond donors (Lipinski definition) is 1. The summed E-state index contributed by atoms with van der Waals surface area (Å²) in [6.07, 6.45) is 1.56. The Balaban J connectivity index is 1.34. The molecule has 1 N–H and O–H groups in total. The predicted octanol–water partition coefficient (Wildman–Crippen LogP) is 3.13. The zero-order valence-electron chi connectivity index (χ0n) is 18.0. The second kappa shape index (κ2) is 9.63. The Bertz CT molecular complexity index is 1240. The number of aromatic nitrogens is 2. The molecule has 0 saturated carbocycles. The van der Waals surface area contributed by atoms with E-state index in [1.165, 1.54) is 15.6 Å². The van der Waals surface area contributed by atoms with Crippen molar-refractivity contribution in [3.63, 3.8) is 0 Å². The van der Waals surface area contributed by atoms with Crippen LogP contribution in [0.15, 0.2) is 42.5 Å². The van der Waals surface area contributed by atoms with E-state index in [-0.39, 0.29) is 25.7 Å². The lowest BCUT2D eigenvalue weighted by atomic mass is 10.2. The summed E-state index contributed by atoms with van der Waals surface area (Å²) >= 11 is 1.25. The number of carbonyl (C=O) groups is 1. The molecule has 0 atom stereocenters. The number of rotatable bonds is 9. The van der Waals surface area contributed by atoms with Gasteiger partial charge in [0.05, 0.1) is 19.1 Å². The Kier molecular flexibility index (Phi) is 6.65. The van der Waals surface area contributed by atoms with Crippen molar-refractivity contribution in [1.82, 2.24) is 10.2 Å². The van der Waals surface area contributed by atoms with E-state index in [0.29, 0.717) is 33.7 Å². The lowest BCUT2D eigenvalue weighted by molar-refractivity contribution is -0.116. The molecule has 12 heteroatoms. The number of hydrogen-bond acceptors (Lipinski definition) is 9. The molecule has 0 spiro atoms. The molecule has 4 rings (SSSR count). The molecule has 0 unspecified atom stereocenters. The van der Waals surface area contributed by atoms with E-state index < -0.39 is 10.0 Å². The second-order valence-corrected chi connectivity index (χ2v) is 10.0. The van der Waals surface area contributed by atoms with Gasteiger partial charge in [0.2, 0.25) is 27.9 Å². The molecule has 0 saturated heterocycles. The van der Waals surface area contributed by atoms with Gasteiger partial charge in [-0.1, -0.05) is 11.3 Å². The standard InChI is InChI=1S/C21H22N4O6S2/c1-29-16-8-5-14(6-9-16)20-23-24-21(32-20)22-19(26)4-3-11-25(33(2,27)28)15-7-10-17-18(12-15)31-13-30-17/h5-10,12H,3-4,11,13H2,1-2H3,(H,22,24,26). The molecular weight excluding hydrogens is 468 g/mol. The number of amides is 1. The van der Waals surface area contributed by atoms with Crippen LogP contribution in [0.5, 0.6) is 17.2 Å². The van der Waals surface area contributed by atoms with Crippen molar-refractivity contribution >= 4 is 38.1 Å². The van der Waals surface area contributed by atoms with Crippen LogP contribution in [-0.2, 0) is 14.8 Å². The van der Waals surface area contributed by atoms with E-state index in [1.807, 2.05) is 24.3 Å². The fourth-order valence-electron chi connectivity index (χ4n) is 3.22. The lowest BCUT2D eigenvalue weighted by Gasteiger charge is -2.22. The van der Waals surface area contributed by atoms with Gasteiger partial charge in [-0.15, -0.1) is 10.2 Å². The Labute approximate surface area is 195 Å². The quantitative estimate of drug-likeness (QED) is 0.486. The van der Waals surface area contributed by atoms with Gasteiger partial charge in [0.1, 0.15) is 10.8 Å². The third-order valence-corrected chi connectivity index (χ3v) is 6.90. The summed E-state index contributed by atoms with van der Waals surface area (Å²) in [5.74, 6) is 1.52. The molecular formula is C21H22N4O6S2. The fraction of sp³-hybridized carbons (Fsp3) is 0.286. The first-order valence-electron chi connectivity index (χ1n) is 9.98. The van der Waals surface area contributed by atoms with Crippen LogP contribution >= 0.6 is 11.3 Å². The number of carbonyl (C=O) groups excluding carboxylic acids is 1. The molecule has 1 aliphatic heterocycles. The van der Waals surface area contributed by atoms with Gasteiger partial charge in [0.25, 0.3) is 0 Å². The topological polar surface area (TPSA) is 120 Å². The van der Waals surface area contributed by atoms with Crippen LogP contribution in [0.4, 0.5) is 10.8 Å². The van der Waals surface area contributed by atoms with Gasteiger partial charge in [-0.2, -0.15) is 0 Å². The number of benzene rings is 2. The van der Waals surface area contributed by atoms with Gasteiger partial charge in [0.15, 0.2) is 11.5 Å². The fourth-order valence-corrected chi connectivity index (χ4v) is 4.94. The van der Waals surface area contributed by atoms with E-state index in [0.717, 1.165) is 17.6 Å². The maximum absolute atomic E-state index is 12.4. The second-order valence-electron chi connectivity index (χ2n) is 7.17. The van der Waals surface area contributed by atoms with Crippen molar-refractivity contribution in [3.8, 4) is 27.8 Å². The average molecular weight is 491 g/mol. The van der Waals surface area contributed by atoms with E-state index >= 15 is 0 Å². The van der Waals surface area contributed by atoms with E-state index in [2.05, 4.69) is 15.5 Å². The molecule has 0 radical (unpaired) electrons. The van der Waals surface area contributed by atoms with Crippen molar-refractivity contribution in [2.75, 3.05) is 36.3 Å². The molecule has 1 amide bonds. The Morgan fingerprint density at radius 1 is 1.15 bits per heavy atom. The van der Waals surface area contributed by atoms with Crippen molar-refractivity contribution in [2.24, 2.45) is 0 Å². The molecule has 2 aromatic carbocycles. The zero-order chi connectivity index (χ0) is 23.4. The van der Waals surface area contributed by atoms with Gasteiger partial charge < -0.3 is 19.5 Å². The minimum absolute atomic E-state index is 0.101. The number of methoxy groups -OCH3 is 1. The van der Waals surface area contributed by atoms with Crippen molar-refractivity contribution in [1.29, 1.82) is 0 Å². The molecule has 0 bridgehead atoms. The van der Waals surface area contributed by atoms with Crippen LogP contribution in [0, 0.1) is 0 Å². The maximum atomic E-state index is 12.4. The summed E-state index contributed by atoms with van der Waals surface area (Å²) in [5.41, 5.74) is 1.32. The minimum Gasteiger partial charge on any atom is -0.497 e. The summed E-state index contributed by atoms with van der Waals surface area (Å²) < 4.78 is 41.6. The van der Waals surface area contributed by atoms with Crippen molar-refractivity contribution in [3.05, 3.63) is 42.5 Å². The van der Waals surface area contributed by atoms with Gasteiger partial charge in [-0.3, -0.25) is 9.10 Å². The number of sulfonamides is 1. The van der Waals surface area contributed by atoms with Gasteiger partial charge >= 0.3 is 0 Å². The maximum Gasteiger partial charge on any atom is 0.232 e. The van der Waals surface area contributed by atoms with Gasteiger partial charge in [-0.05, 0) is 42.8 Å². The minimum atomic E-state index is -3.55. The molecule has 0 aliphatic carbocycles. The lowest BCUT2D eigenvalue weighted by Crippen LogP contribution is -2.31. The first-order valence-corrected chi connectivity index (χ1v) is 12.6. The number of nitrogens with one attached hydrogen (secondary N) is 1. The Morgan fingerprint density at radius 3 is 2.64 bits per heavy atom. The van der Waals surface area contributed by atoms with Crippen molar-refractivity contribution < 1.29 is 27.4 Å². The average Bonchev–Trinajstić information content (AvgIpc) is 3.45. The number of nitrogens with zero attached hydrogens (tertiary/aromatic N) is 3. The first-order chi connectivity index (χ1) is 15.8. The first kappa shape index (κ1) is 22.8. The summed E-state index contributed by atoms with van der Waals surface area (Å²) in [4.78, 5) is 12.4. The highest BCUT2D eigenvalue weighted by Gasteiger charge is 2.21. The summed E-state index contributed by atoms with van der Waals surface area (Å²) in [6.45, 7) is 0.239. The molecule has 3 aromatic rings. The number of ether oxygens (including phenoxy) is 3. The van der Waals surface area contributed by atoms with Gasteiger partial charge in [0, 0.05) is 24.6 Å². The van der Waals surface area contributed by atoms with Crippen LogP contribution < -0.4 is 23.8 Å². The highest BCUT2D eigenvalue weighted by molar-refractivity contribution is 7.92. The molecule has 2 heterocycles. The number of anilines is 2. The third-order valence-electron chi connectivity index (χ3n) is 4.82. The molecule has 10 nitrogen and oxygen atoms in total. The van der Waals surface area contributed by atoms with E-state index in [4.69, 9.17) is 14.2 Å². The van der Waals surface area contributed by atoms with Crippen LogP contribution in [0.25, 0.3) is 10.6 Å². The zero-order valence-corrected chi connectivity index (χ0v) is 19.6. The molecule has 174 valence electrons. The summed E-state index contributed by atoms with van der Waals surface area (Å²) in [5, 5.41) is 11.9. The van der Waals surface area contributed by atoms with Crippen LogP contribution in [0.1, 0.15) is 12.8 Å². The predicted molar refractivity (Wildman–Crippen MR) is 125 cm³/mol.